The molecule has 0 saturated carbocycles. The lowest BCUT2D eigenvalue weighted by atomic mass is 10.2. The van der Waals surface area contributed by atoms with Crippen molar-refractivity contribution in [2.75, 3.05) is 11.9 Å². The molecule has 7 nitrogen and oxygen atoms in total. The van der Waals surface area contributed by atoms with Gasteiger partial charge in [0.2, 0.25) is 17.7 Å². The maximum Gasteiger partial charge on any atom is 0.239 e. The molecule has 0 unspecified atom stereocenters. The van der Waals surface area contributed by atoms with Crippen molar-refractivity contribution < 1.29 is 18.8 Å². The van der Waals surface area contributed by atoms with E-state index in [-0.39, 0.29) is 56.0 Å². The summed E-state index contributed by atoms with van der Waals surface area (Å²) in [5.41, 5.74) is 2.36. The van der Waals surface area contributed by atoms with Gasteiger partial charge in [0.25, 0.3) is 0 Å². The van der Waals surface area contributed by atoms with Crippen LogP contribution in [0.15, 0.2) is 66.9 Å². The Morgan fingerprint density at radius 3 is 2.46 bits per heavy atom. The fourth-order valence-corrected chi connectivity index (χ4v) is 3.48. The Bertz CT molecular complexity index is 1190. The van der Waals surface area contributed by atoms with Crippen molar-refractivity contribution in [2.45, 2.75) is 32.9 Å². The molecule has 0 aliphatic carbocycles. The van der Waals surface area contributed by atoms with Crippen LogP contribution in [0.25, 0.3) is 0 Å². The first-order valence-electron chi connectivity index (χ1n) is 11.0. The molecule has 0 atom stereocenters. The second-order valence-corrected chi connectivity index (χ2v) is 8.42. The van der Waals surface area contributed by atoms with Crippen LogP contribution in [0, 0.1) is 12.7 Å². The smallest absolute Gasteiger partial charge is 0.239 e. The van der Waals surface area contributed by atoms with E-state index >= 15 is 0 Å². The second kappa shape index (κ2) is 12.6. The van der Waals surface area contributed by atoms with E-state index in [1.165, 1.54) is 17.0 Å². The monoisotopic (exact) mass is 496 g/mol. The number of carbonyl (C=O) groups excluding carboxylic acids is 3. The number of carbonyl (C=O) groups is 3. The molecule has 1 heterocycles. The van der Waals surface area contributed by atoms with Gasteiger partial charge in [0, 0.05) is 37.2 Å². The normalized spacial score (nSPS) is 10.5. The highest BCUT2D eigenvalue weighted by molar-refractivity contribution is 6.31. The van der Waals surface area contributed by atoms with Crippen LogP contribution >= 0.6 is 11.6 Å². The minimum Gasteiger partial charge on any atom is -0.350 e. The Morgan fingerprint density at radius 2 is 1.74 bits per heavy atom. The minimum absolute atomic E-state index is 0.0648. The van der Waals surface area contributed by atoms with Crippen LogP contribution in [-0.2, 0) is 27.5 Å². The maximum absolute atomic E-state index is 13.1. The van der Waals surface area contributed by atoms with Gasteiger partial charge in [0.15, 0.2) is 0 Å². The summed E-state index contributed by atoms with van der Waals surface area (Å²) in [4.78, 5) is 43.3. The van der Waals surface area contributed by atoms with Gasteiger partial charge in [-0.1, -0.05) is 41.9 Å². The Morgan fingerprint density at radius 1 is 1.00 bits per heavy atom. The van der Waals surface area contributed by atoms with Crippen LogP contribution in [0.5, 0.6) is 0 Å². The number of aromatic nitrogens is 1. The number of anilines is 1. The van der Waals surface area contributed by atoms with Crippen molar-refractivity contribution in [3.05, 3.63) is 94.4 Å². The number of rotatable bonds is 10. The Labute approximate surface area is 208 Å². The molecule has 3 aromatic rings. The van der Waals surface area contributed by atoms with Crippen LogP contribution in [0.3, 0.4) is 0 Å². The first-order chi connectivity index (χ1) is 16.8. The summed E-state index contributed by atoms with van der Waals surface area (Å²) in [5.74, 6) is -1.05. The van der Waals surface area contributed by atoms with Crippen molar-refractivity contribution in [3.8, 4) is 0 Å². The Hall–Kier alpha value is -3.78. The van der Waals surface area contributed by atoms with Gasteiger partial charge in [0.1, 0.15) is 11.6 Å². The lowest BCUT2D eigenvalue weighted by Gasteiger charge is -2.23. The molecule has 2 aromatic carbocycles. The van der Waals surface area contributed by atoms with Gasteiger partial charge < -0.3 is 15.5 Å². The molecule has 3 amide bonds. The van der Waals surface area contributed by atoms with Crippen LogP contribution in [0.2, 0.25) is 5.02 Å². The predicted molar refractivity (Wildman–Crippen MR) is 132 cm³/mol. The average molecular weight is 497 g/mol. The quantitative estimate of drug-likeness (QED) is 0.439. The molecule has 35 heavy (non-hydrogen) atoms. The largest absolute Gasteiger partial charge is 0.350 e. The summed E-state index contributed by atoms with van der Waals surface area (Å²) in [6, 6.07) is 16.4. The minimum atomic E-state index is -0.386. The zero-order valence-corrected chi connectivity index (χ0v) is 20.0. The molecule has 0 aliphatic rings. The van der Waals surface area contributed by atoms with Crippen LogP contribution in [0.1, 0.15) is 29.5 Å². The number of benzene rings is 2. The number of hydrogen-bond donors (Lipinski definition) is 2. The summed E-state index contributed by atoms with van der Waals surface area (Å²) in [7, 11) is 0. The van der Waals surface area contributed by atoms with E-state index in [1.807, 2.05) is 13.0 Å². The molecule has 0 radical (unpaired) electrons. The van der Waals surface area contributed by atoms with Gasteiger partial charge in [-0.05, 0) is 53.9 Å². The van der Waals surface area contributed by atoms with E-state index in [0.717, 1.165) is 11.1 Å². The van der Waals surface area contributed by atoms with Crippen molar-refractivity contribution in [1.82, 2.24) is 15.2 Å². The molecule has 0 aliphatic heterocycles. The first kappa shape index (κ1) is 25.8. The van der Waals surface area contributed by atoms with Crippen molar-refractivity contribution >= 4 is 35.1 Å². The zero-order valence-electron chi connectivity index (χ0n) is 19.3. The Kier molecular flexibility index (Phi) is 9.31. The zero-order chi connectivity index (χ0) is 25.2. The molecule has 3 rings (SSSR count). The van der Waals surface area contributed by atoms with E-state index in [0.29, 0.717) is 16.4 Å². The van der Waals surface area contributed by atoms with E-state index in [4.69, 9.17) is 11.6 Å². The number of halogens is 2. The number of amides is 3. The van der Waals surface area contributed by atoms with Crippen LogP contribution in [-0.4, -0.2) is 34.2 Å². The van der Waals surface area contributed by atoms with Crippen molar-refractivity contribution in [2.24, 2.45) is 0 Å². The predicted octanol–water partition coefficient (Wildman–Crippen LogP) is 4.25. The molecule has 9 heteroatoms. The molecule has 2 N–H and O–H groups in total. The van der Waals surface area contributed by atoms with Crippen LogP contribution in [0.4, 0.5) is 10.2 Å². The maximum atomic E-state index is 13.1. The summed E-state index contributed by atoms with van der Waals surface area (Å²) < 4.78 is 13.1. The summed E-state index contributed by atoms with van der Waals surface area (Å²) in [6.07, 6.45) is 1.43. The number of nitrogens with one attached hydrogen (secondary N) is 2. The van der Waals surface area contributed by atoms with Gasteiger partial charge in [-0.25, -0.2) is 9.37 Å². The third kappa shape index (κ3) is 8.50. The average Bonchev–Trinajstić information content (AvgIpc) is 2.83. The van der Waals surface area contributed by atoms with E-state index < -0.39 is 0 Å². The highest BCUT2D eigenvalue weighted by atomic mass is 35.5. The first-order valence-corrected chi connectivity index (χ1v) is 11.4. The third-order valence-corrected chi connectivity index (χ3v) is 5.53. The number of aryl methyl sites for hydroxylation is 1. The number of pyridine rings is 1. The van der Waals surface area contributed by atoms with E-state index in [1.54, 1.807) is 48.7 Å². The fourth-order valence-electron chi connectivity index (χ4n) is 3.29. The molecule has 0 fully saturated rings. The van der Waals surface area contributed by atoms with Gasteiger partial charge in [0.05, 0.1) is 6.54 Å². The molecule has 0 saturated heterocycles. The molecular formula is C26H26ClFN4O3. The molecule has 0 bridgehead atoms. The van der Waals surface area contributed by atoms with Gasteiger partial charge >= 0.3 is 0 Å². The van der Waals surface area contributed by atoms with Crippen LogP contribution < -0.4 is 10.6 Å². The second-order valence-electron chi connectivity index (χ2n) is 8.01. The summed E-state index contributed by atoms with van der Waals surface area (Å²) in [6.45, 7) is 1.98. The van der Waals surface area contributed by atoms with Gasteiger partial charge in [-0.15, -0.1) is 0 Å². The third-order valence-electron chi connectivity index (χ3n) is 5.16. The lowest BCUT2D eigenvalue weighted by molar-refractivity contribution is -0.137. The molecular weight excluding hydrogens is 471 g/mol. The topological polar surface area (TPSA) is 91.4 Å². The SMILES string of the molecule is Cc1ccnc(NC(=O)CCC(=O)N(CC(=O)NCc2ccc(F)cc2)Cc2ccccc2Cl)c1. The van der Waals surface area contributed by atoms with Gasteiger partial charge in [-0.2, -0.15) is 0 Å². The van der Waals surface area contributed by atoms with Crippen molar-refractivity contribution in [3.63, 3.8) is 0 Å². The summed E-state index contributed by atoms with van der Waals surface area (Å²) >= 11 is 6.25. The van der Waals surface area contributed by atoms with Crippen molar-refractivity contribution in [1.29, 1.82) is 0 Å². The van der Waals surface area contributed by atoms with E-state index in [2.05, 4.69) is 15.6 Å². The highest BCUT2D eigenvalue weighted by Gasteiger charge is 2.20. The standard InChI is InChI=1S/C26H26ClFN4O3/c1-18-12-13-29-23(14-18)31-24(33)10-11-26(35)32(16-20-4-2-3-5-22(20)27)17-25(34)30-15-19-6-8-21(28)9-7-19/h2-9,12-14H,10-11,15-17H2,1H3,(H,30,34)(H,29,31,33). The summed E-state index contributed by atoms with van der Waals surface area (Å²) in [5, 5.41) is 5.87. The molecule has 182 valence electrons. The number of hydrogen-bond acceptors (Lipinski definition) is 4. The Balaban J connectivity index is 1.60. The lowest BCUT2D eigenvalue weighted by Crippen LogP contribution is -2.40. The fraction of sp³-hybridized carbons (Fsp3) is 0.231. The molecule has 1 aromatic heterocycles. The highest BCUT2D eigenvalue weighted by Crippen LogP contribution is 2.18. The van der Waals surface area contributed by atoms with Gasteiger partial charge in [-0.3, -0.25) is 14.4 Å². The molecule has 0 spiro atoms. The van der Waals surface area contributed by atoms with E-state index in [9.17, 15) is 18.8 Å². The number of nitrogens with zero attached hydrogens (tertiary/aromatic N) is 2.